The fraction of sp³-hybridized carbons (Fsp3) is 0.500. The Balaban J connectivity index is 1.90. The third kappa shape index (κ3) is 6.37. The molecule has 4 atom stereocenters. The van der Waals surface area contributed by atoms with Crippen LogP contribution in [0.25, 0.3) is 0 Å². The molecular formula is C28H33Cl2NO7S. The van der Waals surface area contributed by atoms with Crippen LogP contribution in [0.1, 0.15) is 63.3 Å². The van der Waals surface area contributed by atoms with Crippen LogP contribution in [0, 0.1) is 5.92 Å². The second-order valence-corrected chi connectivity index (χ2v) is 14.7. The van der Waals surface area contributed by atoms with Gasteiger partial charge in [0.05, 0.1) is 35.1 Å². The Morgan fingerprint density at radius 2 is 1.74 bits per heavy atom. The summed E-state index contributed by atoms with van der Waals surface area (Å²) in [4.78, 5) is 27.4. The van der Waals surface area contributed by atoms with Gasteiger partial charge in [-0.2, -0.15) is 0 Å². The molecule has 11 heteroatoms. The number of nitrogens with zero attached hydrogens (tertiary/aromatic N) is 1. The summed E-state index contributed by atoms with van der Waals surface area (Å²) in [7, 11) is -2.14. The first-order valence-corrected chi connectivity index (χ1v) is 15.1. The molecule has 39 heavy (non-hydrogen) atoms. The Morgan fingerprint density at radius 3 is 2.26 bits per heavy atom. The topological polar surface area (TPSA) is 110 Å². The Kier molecular flexibility index (Phi) is 8.57. The third-order valence-corrected chi connectivity index (χ3v) is 10.5. The number of benzene rings is 2. The van der Waals surface area contributed by atoms with Crippen molar-refractivity contribution in [3.63, 3.8) is 0 Å². The number of methoxy groups -OCH3 is 1. The fourth-order valence-electron chi connectivity index (χ4n) is 4.94. The van der Waals surface area contributed by atoms with Crippen LogP contribution in [0.3, 0.4) is 0 Å². The first kappa shape index (κ1) is 29.6. The number of carboxylic acids is 1. The number of ether oxygens (including phenoxy) is 2. The molecule has 4 rings (SSSR count). The van der Waals surface area contributed by atoms with Crippen LogP contribution in [0.15, 0.2) is 42.5 Å². The van der Waals surface area contributed by atoms with Crippen molar-refractivity contribution < 1.29 is 32.6 Å². The molecule has 1 saturated heterocycles. The lowest BCUT2D eigenvalue weighted by molar-refractivity contribution is -0.183. The van der Waals surface area contributed by atoms with E-state index in [1.807, 2.05) is 0 Å². The molecule has 2 aromatic carbocycles. The molecule has 1 saturated carbocycles. The number of carbonyl (C=O) groups is 2. The van der Waals surface area contributed by atoms with Crippen LogP contribution < -0.4 is 4.74 Å². The van der Waals surface area contributed by atoms with Crippen LogP contribution in [0.2, 0.25) is 10.0 Å². The maximum Gasteiger partial charge on any atom is 0.306 e. The number of morpholine rings is 1. The zero-order valence-corrected chi connectivity index (χ0v) is 24.6. The zero-order chi connectivity index (χ0) is 28.7. The Hall–Kier alpha value is -2.33. The molecule has 8 nitrogen and oxygen atoms in total. The van der Waals surface area contributed by atoms with Gasteiger partial charge in [0.25, 0.3) is 5.91 Å². The Labute approximate surface area is 239 Å². The van der Waals surface area contributed by atoms with Gasteiger partial charge in [-0.15, -0.1) is 0 Å². The van der Waals surface area contributed by atoms with Gasteiger partial charge in [0, 0.05) is 11.1 Å². The molecule has 1 aliphatic heterocycles. The zero-order valence-electron chi connectivity index (χ0n) is 22.3. The first-order chi connectivity index (χ1) is 18.2. The van der Waals surface area contributed by atoms with E-state index in [4.69, 9.17) is 32.7 Å². The second kappa shape index (κ2) is 11.3. The minimum Gasteiger partial charge on any atom is -0.495 e. The molecule has 0 spiro atoms. The van der Waals surface area contributed by atoms with E-state index in [-0.39, 0.29) is 11.7 Å². The SMILES string of the molecule is COc1ccc([C@H]2O[C@@H](CC(=O)O)C(=O)N([C@H](CS(=O)(=O)C(C)(C)C)C3CC3)[C@@H]2c2ccc(Cl)cc2)cc1Cl. The maximum absolute atomic E-state index is 14.0. The Morgan fingerprint density at radius 1 is 1.13 bits per heavy atom. The summed E-state index contributed by atoms with van der Waals surface area (Å²) in [6, 6.07) is 10.6. The minimum absolute atomic E-state index is 0.0374. The molecule has 0 radical (unpaired) electrons. The summed E-state index contributed by atoms with van der Waals surface area (Å²) >= 11 is 12.6. The van der Waals surface area contributed by atoms with E-state index >= 15 is 0 Å². The van der Waals surface area contributed by atoms with Crippen molar-refractivity contribution in [3.8, 4) is 5.75 Å². The number of aliphatic carboxylic acids is 1. The van der Waals surface area contributed by atoms with Gasteiger partial charge in [0.1, 0.15) is 18.0 Å². The molecule has 2 aromatic rings. The predicted octanol–water partition coefficient (Wildman–Crippen LogP) is 5.48. The highest BCUT2D eigenvalue weighted by molar-refractivity contribution is 7.92. The molecule has 0 unspecified atom stereocenters. The number of hydrogen-bond donors (Lipinski definition) is 1. The second-order valence-electron chi connectivity index (χ2n) is 11.1. The van der Waals surface area contributed by atoms with Crippen molar-refractivity contribution in [1.82, 2.24) is 4.90 Å². The third-order valence-electron chi connectivity index (χ3n) is 7.35. The van der Waals surface area contributed by atoms with Gasteiger partial charge >= 0.3 is 5.97 Å². The van der Waals surface area contributed by atoms with Crippen molar-refractivity contribution in [3.05, 3.63) is 63.6 Å². The molecular weight excluding hydrogens is 565 g/mol. The molecule has 1 aliphatic carbocycles. The summed E-state index contributed by atoms with van der Waals surface area (Å²) in [6.07, 6.45) is -1.17. The van der Waals surface area contributed by atoms with Crippen molar-refractivity contribution in [2.75, 3.05) is 12.9 Å². The number of rotatable bonds is 9. The van der Waals surface area contributed by atoms with E-state index in [0.29, 0.717) is 26.9 Å². The number of halogens is 2. The Bertz CT molecular complexity index is 1340. The lowest BCUT2D eigenvalue weighted by atomic mass is 9.89. The summed E-state index contributed by atoms with van der Waals surface area (Å²) < 4.78 is 37.4. The van der Waals surface area contributed by atoms with E-state index in [9.17, 15) is 23.1 Å². The largest absolute Gasteiger partial charge is 0.495 e. The monoisotopic (exact) mass is 597 g/mol. The van der Waals surface area contributed by atoms with Gasteiger partial charge < -0.3 is 19.5 Å². The number of sulfone groups is 1. The fourth-order valence-corrected chi connectivity index (χ4v) is 6.71. The smallest absolute Gasteiger partial charge is 0.306 e. The van der Waals surface area contributed by atoms with Crippen LogP contribution in [-0.2, 0) is 24.2 Å². The number of carboxylic acid groups (broad SMARTS) is 1. The number of hydrogen-bond acceptors (Lipinski definition) is 6. The van der Waals surface area contributed by atoms with Crippen molar-refractivity contribution in [2.24, 2.45) is 5.92 Å². The van der Waals surface area contributed by atoms with E-state index < -0.39 is 57.2 Å². The van der Waals surface area contributed by atoms with E-state index in [1.165, 1.54) is 7.11 Å². The van der Waals surface area contributed by atoms with Crippen molar-refractivity contribution >= 4 is 44.9 Å². The molecule has 0 bridgehead atoms. The highest BCUT2D eigenvalue weighted by Crippen LogP contribution is 2.49. The van der Waals surface area contributed by atoms with E-state index in [2.05, 4.69) is 0 Å². The highest BCUT2D eigenvalue weighted by Gasteiger charge is 2.52. The molecule has 1 N–H and O–H groups in total. The minimum atomic E-state index is -3.64. The van der Waals surface area contributed by atoms with Gasteiger partial charge in [0.2, 0.25) is 0 Å². The van der Waals surface area contributed by atoms with Crippen LogP contribution >= 0.6 is 23.2 Å². The molecule has 2 fully saturated rings. The van der Waals surface area contributed by atoms with Gasteiger partial charge in [-0.3, -0.25) is 9.59 Å². The molecule has 1 heterocycles. The van der Waals surface area contributed by atoms with Crippen molar-refractivity contribution in [1.29, 1.82) is 0 Å². The van der Waals surface area contributed by atoms with E-state index in [0.717, 1.165) is 12.8 Å². The predicted molar refractivity (Wildman–Crippen MR) is 149 cm³/mol. The first-order valence-electron chi connectivity index (χ1n) is 12.7. The van der Waals surface area contributed by atoms with Crippen molar-refractivity contribution in [2.45, 2.75) is 69.1 Å². The summed E-state index contributed by atoms with van der Waals surface area (Å²) in [5.74, 6) is -1.58. The average Bonchev–Trinajstić information content (AvgIpc) is 3.69. The van der Waals surface area contributed by atoms with Crippen LogP contribution in [0.5, 0.6) is 5.75 Å². The molecule has 0 aromatic heterocycles. The van der Waals surface area contributed by atoms with Crippen LogP contribution in [-0.4, -0.2) is 60.1 Å². The number of amides is 1. The van der Waals surface area contributed by atoms with E-state index in [1.54, 1.807) is 68.1 Å². The molecule has 1 amide bonds. The summed E-state index contributed by atoms with van der Waals surface area (Å²) in [6.45, 7) is 4.92. The highest BCUT2D eigenvalue weighted by atomic mass is 35.5. The quantitative estimate of drug-likeness (QED) is 0.407. The van der Waals surface area contributed by atoms with Crippen LogP contribution in [0.4, 0.5) is 0 Å². The van der Waals surface area contributed by atoms with Gasteiger partial charge in [-0.05, 0) is 74.9 Å². The molecule has 2 aliphatic rings. The standard InChI is InChI=1S/C28H33Cl2NO7S/c1-28(2,3)39(35,36)15-21(16-5-6-16)31-25(17-7-10-19(29)11-8-17)26(38-23(27(31)34)14-24(32)33)18-9-12-22(37-4)20(30)13-18/h7-13,16,21,23,25-26H,5-6,14-15H2,1-4H3,(H,32,33)/t21-,23+,25-,26-/m1/s1. The lowest BCUT2D eigenvalue weighted by Gasteiger charge is -2.48. The summed E-state index contributed by atoms with van der Waals surface area (Å²) in [5.41, 5.74) is 1.28. The summed E-state index contributed by atoms with van der Waals surface area (Å²) in [5, 5.41) is 10.4. The van der Waals surface area contributed by atoms with Gasteiger partial charge in [0.15, 0.2) is 9.84 Å². The van der Waals surface area contributed by atoms with Gasteiger partial charge in [-0.1, -0.05) is 41.4 Å². The van der Waals surface area contributed by atoms with Gasteiger partial charge in [-0.25, -0.2) is 8.42 Å². The lowest BCUT2D eigenvalue weighted by Crippen LogP contribution is -2.58. The maximum atomic E-state index is 14.0. The molecule has 212 valence electrons. The average molecular weight is 599 g/mol. The number of carbonyl (C=O) groups excluding carboxylic acids is 1. The normalized spacial score (nSPS) is 23.0.